The van der Waals surface area contributed by atoms with Crippen LogP contribution in [0.2, 0.25) is 0 Å². The van der Waals surface area contributed by atoms with Crippen LogP contribution in [0, 0.1) is 0 Å². The number of nitrogens with one attached hydrogen (secondary N) is 1. The third-order valence-electron chi connectivity index (χ3n) is 3.69. The topological polar surface area (TPSA) is 45.8 Å². The van der Waals surface area contributed by atoms with Gasteiger partial charge in [-0.1, -0.05) is 42.5 Å². The van der Waals surface area contributed by atoms with Gasteiger partial charge in [-0.2, -0.15) is 0 Å². The molecule has 0 amide bonds. The lowest BCUT2D eigenvalue weighted by molar-refractivity contribution is 0.112. The lowest BCUT2D eigenvalue weighted by Crippen LogP contribution is -1.82. The molecule has 0 saturated heterocycles. The monoisotopic (exact) mass is 272 g/mol. The Morgan fingerprint density at radius 3 is 2.71 bits per heavy atom. The summed E-state index contributed by atoms with van der Waals surface area (Å²) in [7, 11) is 0. The van der Waals surface area contributed by atoms with Crippen molar-refractivity contribution in [3.63, 3.8) is 0 Å². The fourth-order valence-corrected chi connectivity index (χ4v) is 2.66. The maximum absolute atomic E-state index is 10.9. The zero-order valence-electron chi connectivity index (χ0n) is 11.2. The smallest absolute Gasteiger partial charge is 0.150 e. The lowest BCUT2D eigenvalue weighted by atomic mass is 10.0. The third-order valence-corrected chi connectivity index (χ3v) is 3.69. The molecule has 0 aliphatic carbocycles. The number of carbonyl (C=O) groups excluding carboxylic acids is 1. The maximum atomic E-state index is 10.9. The zero-order valence-corrected chi connectivity index (χ0v) is 11.2. The van der Waals surface area contributed by atoms with Crippen molar-refractivity contribution in [2.75, 3.05) is 0 Å². The highest BCUT2D eigenvalue weighted by Crippen LogP contribution is 2.28. The van der Waals surface area contributed by atoms with Gasteiger partial charge in [0.2, 0.25) is 0 Å². The van der Waals surface area contributed by atoms with E-state index in [0.29, 0.717) is 5.56 Å². The van der Waals surface area contributed by atoms with Gasteiger partial charge < -0.3 is 4.98 Å². The number of H-pyrrole nitrogens is 1. The van der Waals surface area contributed by atoms with Gasteiger partial charge in [-0.25, -0.2) is 4.98 Å². The van der Waals surface area contributed by atoms with E-state index in [1.54, 1.807) is 6.07 Å². The van der Waals surface area contributed by atoms with Crippen molar-refractivity contribution in [2.45, 2.75) is 0 Å². The predicted molar refractivity (Wildman–Crippen MR) is 84.4 cm³/mol. The number of hydrogen-bond donors (Lipinski definition) is 1. The Hall–Kier alpha value is -2.94. The van der Waals surface area contributed by atoms with Gasteiger partial charge in [-0.15, -0.1) is 0 Å². The molecule has 1 heterocycles. The highest BCUT2D eigenvalue weighted by Gasteiger charge is 2.08. The molecule has 4 aromatic rings. The van der Waals surface area contributed by atoms with Gasteiger partial charge in [0.1, 0.15) is 12.1 Å². The van der Waals surface area contributed by atoms with Crippen molar-refractivity contribution in [1.82, 2.24) is 9.97 Å². The summed E-state index contributed by atoms with van der Waals surface area (Å²) in [6.45, 7) is 0. The molecule has 4 rings (SSSR count). The molecule has 3 nitrogen and oxygen atoms in total. The van der Waals surface area contributed by atoms with Crippen LogP contribution in [-0.2, 0) is 0 Å². The maximum Gasteiger partial charge on any atom is 0.150 e. The second-order valence-corrected chi connectivity index (χ2v) is 5.01. The molecule has 3 aromatic carbocycles. The number of carbonyl (C=O) groups is 1. The predicted octanol–water partition coefficient (Wildman–Crippen LogP) is 4.20. The minimum Gasteiger partial charge on any atom is -0.338 e. The minimum absolute atomic E-state index is 0.649. The van der Waals surface area contributed by atoms with Crippen LogP contribution in [0.25, 0.3) is 33.2 Å². The summed E-state index contributed by atoms with van der Waals surface area (Å²) in [6.07, 6.45) is 0.845. The summed E-state index contributed by atoms with van der Waals surface area (Å²) < 4.78 is 0. The van der Waals surface area contributed by atoms with Gasteiger partial charge in [0.05, 0.1) is 11.0 Å². The number of nitrogens with zero attached hydrogens (tertiary/aromatic N) is 1. The largest absolute Gasteiger partial charge is 0.338 e. The Labute approximate surface area is 121 Å². The molecule has 0 unspecified atom stereocenters. The van der Waals surface area contributed by atoms with Crippen LogP contribution in [0.5, 0.6) is 0 Å². The molecule has 0 radical (unpaired) electrons. The first-order valence-corrected chi connectivity index (χ1v) is 6.78. The molecule has 1 N–H and O–H groups in total. The van der Waals surface area contributed by atoms with E-state index >= 15 is 0 Å². The van der Waals surface area contributed by atoms with E-state index in [1.165, 1.54) is 5.39 Å². The second-order valence-electron chi connectivity index (χ2n) is 5.01. The van der Waals surface area contributed by atoms with E-state index in [-0.39, 0.29) is 0 Å². The first-order chi connectivity index (χ1) is 10.3. The fraction of sp³-hybridized carbons (Fsp3) is 0. The van der Waals surface area contributed by atoms with Crippen LogP contribution in [0.15, 0.2) is 60.7 Å². The second kappa shape index (κ2) is 4.56. The fourth-order valence-electron chi connectivity index (χ4n) is 2.66. The quantitative estimate of drug-likeness (QED) is 0.556. The number of fused-ring (bicyclic) bond motifs is 2. The first-order valence-electron chi connectivity index (χ1n) is 6.78. The van der Waals surface area contributed by atoms with Gasteiger partial charge in [0, 0.05) is 11.1 Å². The molecule has 0 saturated carbocycles. The highest BCUT2D eigenvalue weighted by molar-refractivity contribution is 5.96. The molecular weight excluding hydrogens is 260 g/mol. The highest BCUT2D eigenvalue weighted by atomic mass is 16.1. The summed E-state index contributed by atoms with van der Waals surface area (Å²) in [4.78, 5) is 18.8. The van der Waals surface area contributed by atoms with Crippen molar-refractivity contribution in [3.8, 4) is 11.4 Å². The van der Waals surface area contributed by atoms with Gasteiger partial charge in [-0.05, 0) is 29.0 Å². The van der Waals surface area contributed by atoms with Crippen LogP contribution >= 0.6 is 0 Å². The standard InChI is InChI=1S/C18H12N2O/c21-11-12-8-9-16-17(10-12)20-18(19-16)15-7-3-5-13-4-1-2-6-14(13)15/h1-11H,(H,19,20). The Morgan fingerprint density at radius 1 is 0.952 bits per heavy atom. The van der Waals surface area contributed by atoms with Crippen LogP contribution < -0.4 is 0 Å². The molecule has 21 heavy (non-hydrogen) atoms. The van der Waals surface area contributed by atoms with Crippen molar-refractivity contribution < 1.29 is 4.79 Å². The van der Waals surface area contributed by atoms with Crippen molar-refractivity contribution in [3.05, 3.63) is 66.2 Å². The summed E-state index contributed by atoms with van der Waals surface area (Å²) in [5, 5.41) is 2.35. The molecule has 0 aliphatic heterocycles. The normalized spacial score (nSPS) is 11.0. The van der Waals surface area contributed by atoms with E-state index in [2.05, 4.69) is 34.2 Å². The molecule has 100 valence electrons. The number of aromatic nitrogens is 2. The molecule has 0 aliphatic rings. The summed E-state index contributed by atoms with van der Waals surface area (Å²) in [5.74, 6) is 0.824. The van der Waals surface area contributed by atoms with Crippen LogP contribution in [0.3, 0.4) is 0 Å². The first kappa shape index (κ1) is 11.9. The van der Waals surface area contributed by atoms with Gasteiger partial charge in [0.15, 0.2) is 0 Å². The number of aromatic amines is 1. The molecule has 0 bridgehead atoms. The van der Waals surface area contributed by atoms with E-state index in [9.17, 15) is 4.79 Å². The van der Waals surface area contributed by atoms with E-state index in [0.717, 1.165) is 34.1 Å². The minimum atomic E-state index is 0.649. The Bertz CT molecular complexity index is 964. The third kappa shape index (κ3) is 1.91. The van der Waals surface area contributed by atoms with Gasteiger partial charge >= 0.3 is 0 Å². The Balaban J connectivity index is 1.98. The summed E-state index contributed by atoms with van der Waals surface area (Å²) in [6, 6.07) is 19.9. The van der Waals surface area contributed by atoms with Crippen LogP contribution in [0.1, 0.15) is 10.4 Å². The van der Waals surface area contributed by atoms with Crippen molar-refractivity contribution in [2.24, 2.45) is 0 Å². The number of aldehydes is 1. The molecule has 1 aromatic heterocycles. The number of imidazole rings is 1. The lowest BCUT2D eigenvalue weighted by Gasteiger charge is -2.03. The van der Waals surface area contributed by atoms with E-state index in [4.69, 9.17) is 0 Å². The molecule has 0 atom stereocenters. The molecule has 0 fully saturated rings. The Morgan fingerprint density at radius 2 is 1.81 bits per heavy atom. The number of benzene rings is 3. The van der Waals surface area contributed by atoms with Gasteiger partial charge in [0.25, 0.3) is 0 Å². The average molecular weight is 272 g/mol. The molecule has 0 spiro atoms. The summed E-state index contributed by atoms with van der Waals surface area (Å²) >= 11 is 0. The Kier molecular flexibility index (Phi) is 2.57. The number of rotatable bonds is 2. The van der Waals surface area contributed by atoms with Crippen LogP contribution in [-0.4, -0.2) is 16.3 Å². The molecular formula is C18H12N2O. The van der Waals surface area contributed by atoms with E-state index in [1.807, 2.05) is 30.3 Å². The van der Waals surface area contributed by atoms with Crippen molar-refractivity contribution >= 4 is 28.1 Å². The summed E-state index contributed by atoms with van der Waals surface area (Å²) in [5.41, 5.74) is 3.46. The molecule has 3 heteroatoms. The number of hydrogen-bond acceptors (Lipinski definition) is 2. The zero-order chi connectivity index (χ0) is 14.2. The SMILES string of the molecule is O=Cc1ccc2nc(-c3cccc4ccccc34)[nH]c2c1. The van der Waals surface area contributed by atoms with Crippen molar-refractivity contribution in [1.29, 1.82) is 0 Å². The van der Waals surface area contributed by atoms with Gasteiger partial charge in [-0.3, -0.25) is 4.79 Å². The average Bonchev–Trinajstić information content (AvgIpc) is 2.97. The van der Waals surface area contributed by atoms with E-state index < -0.39 is 0 Å². The van der Waals surface area contributed by atoms with Crippen LogP contribution in [0.4, 0.5) is 0 Å².